The average Bonchev–Trinajstić information content (AvgIpc) is 2.91. The normalized spacial score (nSPS) is 9.81. The molecule has 0 saturated carbocycles. The van der Waals surface area contributed by atoms with Gasteiger partial charge in [0.05, 0.1) is 17.5 Å². The molecule has 0 aliphatic carbocycles. The Hall–Kier alpha value is -1.87. The number of aliphatic hydroxyl groups is 1. The standard InChI is InChI=1S/C15H13ClN2O2S/c16-14-7-5-12(21-14)10-18-15(20)13-6-4-11(9-17-13)3-1-2-8-19/h4-7,9,19H,2,8,10H2,(H,18,20). The van der Waals surface area contributed by atoms with Gasteiger partial charge in [-0.2, -0.15) is 0 Å². The van der Waals surface area contributed by atoms with Crippen LogP contribution in [0.25, 0.3) is 0 Å². The van der Waals surface area contributed by atoms with Gasteiger partial charge >= 0.3 is 0 Å². The molecule has 0 fully saturated rings. The Kier molecular flexibility index (Phi) is 5.76. The quantitative estimate of drug-likeness (QED) is 0.851. The highest BCUT2D eigenvalue weighted by atomic mass is 35.5. The van der Waals surface area contributed by atoms with Crippen LogP contribution in [0.4, 0.5) is 0 Å². The van der Waals surface area contributed by atoms with Gasteiger partial charge in [-0.25, -0.2) is 4.98 Å². The van der Waals surface area contributed by atoms with E-state index < -0.39 is 0 Å². The van der Waals surface area contributed by atoms with E-state index in [1.54, 1.807) is 24.4 Å². The molecule has 0 aromatic carbocycles. The molecule has 21 heavy (non-hydrogen) atoms. The number of aromatic nitrogens is 1. The van der Waals surface area contributed by atoms with Crippen molar-refractivity contribution >= 4 is 28.8 Å². The second kappa shape index (κ2) is 7.79. The molecule has 0 saturated heterocycles. The minimum Gasteiger partial charge on any atom is -0.395 e. The summed E-state index contributed by atoms with van der Waals surface area (Å²) in [4.78, 5) is 17.0. The molecule has 0 spiro atoms. The first kappa shape index (κ1) is 15.5. The molecule has 2 heterocycles. The minimum absolute atomic E-state index is 0.0354. The van der Waals surface area contributed by atoms with Crippen molar-refractivity contribution in [1.29, 1.82) is 0 Å². The first-order chi connectivity index (χ1) is 10.2. The van der Waals surface area contributed by atoms with Gasteiger partial charge < -0.3 is 10.4 Å². The van der Waals surface area contributed by atoms with Gasteiger partial charge in [0.25, 0.3) is 5.91 Å². The molecule has 0 atom stereocenters. The van der Waals surface area contributed by atoms with Crippen LogP contribution >= 0.6 is 22.9 Å². The molecule has 1 amide bonds. The largest absolute Gasteiger partial charge is 0.395 e. The van der Waals surface area contributed by atoms with E-state index in [4.69, 9.17) is 16.7 Å². The van der Waals surface area contributed by atoms with E-state index in [1.165, 1.54) is 11.3 Å². The third kappa shape index (κ3) is 4.87. The molecule has 0 unspecified atom stereocenters. The summed E-state index contributed by atoms with van der Waals surface area (Å²) in [6, 6.07) is 7.03. The molecule has 0 aliphatic rings. The molecule has 0 aliphatic heterocycles. The number of nitrogens with one attached hydrogen (secondary N) is 1. The zero-order valence-corrected chi connectivity index (χ0v) is 12.7. The minimum atomic E-state index is -0.241. The summed E-state index contributed by atoms with van der Waals surface area (Å²) in [6.07, 6.45) is 1.97. The van der Waals surface area contributed by atoms with E-state index in [0.29, 0.717) is 28.6 Å². The lowest BCUT2D eigenvalue weighted by molar-refractivity contribution is 0.0946. The molecular weight excluding hydrogens is 308 g/mol. The van der Waals surface area contributed by atoms with Crippen LogP contribution in [0.2, 0.25) is 4.34 Å². The third-order valence-corrected chi connectivity index (χ3v) is 3.75. The number of carbonyl (C=O) groups is 1. The molecule has 6 heteroatoms. The van der Waals surface area contributed by atoms with Gasteiger partial charge in [-0.15, -0.1) is 11.3 Å². The third-order valence-electron chi connectivity index (χ3n) is 2.52. The maximum atomic E-state index is 11.9. The van der Waals surface area contributed by atoms with Crippen LogP contribution in [0.3, 0.4) is 0 Å². The lowest BCUT2D eigenvalue weighted by atomic mass is 10.2. The fourth-order valence-electron chi connectivity index (χ4n) is 1.53. The number of hydrogen-bond acceptors (Lipinski definition) is 4. The molecule has 108 valence electrons. The predicted octanol–water partition coefficient (Wildman–Crippen LogP) is 2.46. The molecule has 4 nitrogen and oxygen atoms in total. The monoisotopic (exact) mass is 320 g/mol. The summed E-state index contributed by atoms with van der Waals surface area (Å²) in [5, 5.41) is 11.4. The van der Waals surface area contributed by atoms with Crippen LogP contribution in [-0.4, -0.2) is 22.6 Å². The van der Waals surface area contributed by atoms with E-state index in [-0.39, 0.29) is 12.5 Å². The van der Waals surface area contributed by atoms with E-state index >= 15 is 0 Å². The maximum absolute atomic E-state index is 11.9. The van der Waals surface area contributed by atoms with Crippen molar-refractivity contribution in [3.63, 3.8) is 0 Å². The van der Waals surface area contributed by atoms with Gasteiger partial charge in [0.2, 0.25) is 0 Å². The topological polar surface area (TPSA) is 62.2 Å². The van der Waals surface area contributed by atoms with Crippen molar-refractivity contribution in [2.75, 3.05) is 6.61 Å². The van der Waals surface area contributed by atoms with Crippen LogP contribution in [0, 0.1) is 11.8 Å². The van der Waals surface area contributed by atoms with Gasteiger partial charge in [-0.3, -0.25) is 4.79 Å². The van der Waals surface area contributed by atoms with Crippen molar-refractivity contribution in [3.8, 4) is 11.8 Å². The van der Waals surface area contributed by atoms with Crippen molar-refractivity contribution in [1.82, 2.24) is 10.3 Å². The molecule has 0 radical (unpaired) electrons. The van der Waals surface area contributed by atoms with Gasteiger partial charge in [0.15, 0.2) is 0 Å². The summed E-state index contributed by atoms with van der Waals surface area (Å²) in [5.41, 5.74) is 1.05. The Labute approximate surface area is 131 Å². The highest BCUT2D eigenvalue weighted by Gasteiger charge is 2.07. The lowest BCUT2D eigenvalue weighted by Crippen LogP contribution is -2.23. The van der Waals surface area contributed by atoms with Gasteiger partial charge in [-0.1, -0.05) is 23.4 Å². The van der Waals surface area contributed by atoms with E-state index in [1.807, 2.05) is 6.07 Å². The van der Waals surface area contributed by atoms with Crippen molar-refractivity contribution in [2.24, 2.45) is 0 Å². The Balaban J connectivity index is 1.92. The molecule has 2 N–H and O–H groups in total. The second-order valence-electron chi connectivity index (χ2n) is 4.10. The number of nitrogens with zero attached hydrogens (tertiary/aromatic N) is 1. The fourth-order valence-corrected chi connectivity index (χ4v) is 2.55. The number of amides is 1. The lowest BCUT2D eigenvalue weighted by Gasteiger charge is -2.02. The number of aliphatic hydroxyl groups excluding tert-OH is 1. The number of rotatable bonds is 4. The van der Waals surface area contributed by atoms with Crippen molar-refractivity contribution < 1.29 is 9.90 Å². The highest BCUT2D eigenvalue weighted by Crippen LogP contribution is 2.21. The van der Waals surface area contributed by atoms with Crippen molar-refractivity contribution in [3.05, 3.63) is 50.9 Å². The zero-order chi connectivity index (χ0) is 15.1. The summed E-state index contributed by atoms with van der Waals surface area (Å²) in [5.74, 6) is 5.41. The second-order valence-corrected chi connectivity index (χ2v) is 5.90. The molecule has 0 bridgehead atoms. The molecule has 2 rings (SSSR count). The fraction of sp³-hybridized carbons (Fsp3) is 0.200. The van der Waals surface area contributed by atoms with Gasteiger partial charge in [0, 0.05) is 23.1 Å². The SMILES string of the molecule is O=C(NCc1ccc(Cl)s1)c1ccc(C#CCCO)cn1. The first-order valence-corrected chi connectivity index (χ1v) is 7.46. The summed E-state index contributed by atoms with van der Waals surface area (Å²) >= 11 is 7.26. The van der Waals surface area contributed by atoms with Gasteiger partial charge in [-0.05, 0) is 24.3 Å². The van der Waals surface area contributed by atoms with E-state index in [0.717, 1.165) is 4.88 Å². The number of thiophene rings is 1. The number of pyridine rings is 1. The smallest absolute Gasteiger partial charge is 0.270 e. The van der Waals surface area contributed by atoms with Gasteiger partial charge in [0.1, 0.15) is 5.69 Å². The Morgan fingerprint density at radius 3 is 2.86 bits per heavy atom. The average molecular weight is 321 g/mol. The molecular formula is C15H13ClN2O2S. The first-order valence-electron chi connectivity index (χ1n) is 6.27. The number of hydrogen-bond donors (Lipinski definition) is 2. The van der Waals surface area contributed by atoms with Crippen LogP contribution in [0.15, 0.2) is 30.5 Å². The highest BCUT2D eigenvalue weighted by molar-refractivity contribution is 7.16. The van der Waals surface area contributed by atoms with Crippen LogP contribution in [-0.2, 0) is 6.54 Å². The number of halogens is 1. The Bertz CT molecular complexity index is 671. The van der Waals surface area contributed by atoms with Crippen LogP contribution in [0.5, 0.6) is 0 Å². The van der Waals surface area contributed by atoms with E-state index in [2.05, 4.69) is 22.1 Å². The number of carbonyl (C=O) groups excluding carboxylic acids is 1. The molecule has 2 aromatic heterocycles. The summed E-state index contributed by atoms with van der Waals surface area (Å²) in [6.45, 7) is 0.462. The van der Waals surface area contributed by atoms with Crippen LogP contribution < -0.4 is 5.32 Å². The van der Waals surface area contributed by atoms with Crippen molar-refractivity contribution in [2.45, 2.75) is 13.0 Å². The summed E-state index contributed by atoms with van der Waals surface area (Å²) in [7, 11) is 0. The molecule has 2 aromatic rings. The van der Waals surface area contributed by atoms with Crippen LogP contribution in [0.1, 0.15) is 27.3 Å². The maximum Gasteiger partial charge on any atom is 0.270 e. The predicted molar refractivity (Wildman–Crippen MR) is 83.3 cm³/mol. The Morgan fingerprint density at radius 2 is 2.24 bits per heavy atom. The Morgan fingerprint density at radius 1 is 1.38 bits per heavy atom. The zero-order valence-electron chi connectivity index (χ0n) is 11.1. The van der Waals surface area contributed by atoms with E-state index in [9.17, 15) is 4.79 Å². The summed E-state index contributed by atoms with van der Waals surface area (Å²) < 4.78 is 0.697.